The molecule has 0 atom stereocenters. The second kappa shape index (κ2) is 4.07. The molecule has 0 saturated carbocycles. The van der Waals surface area contributed by atoms with Crippen LogP contribution in [0.4, 0.5) is 4.79 Å². The van der Waals surface area contributed by atoms with Gasteiger partial charge in [0, 0.05) is 12.7 Å². The first-order valence-corrected chi connectivity index (χ1v) is 3.54. The second-order valence-electron chi connectivity index (χ2n) is 2.32. The Bertz CT molecular complexity index is 357. The standard InChI is InChI=1S/C8H7N3O2/c9-4-7-3-6(1-2-10-7)5-11-8(12)13/h1-3,11H,5H2,(H,12,13). The van der Waals surface area contributed by atoms with Gasteiger partial charge >= 0.3 is 6.09 Å². The number of pyridine rings is 1. The van der Waals surface area contributed by atoms with Gasteiger partial charge in [-0.15, -0.1) is 0 Å². The average Bonchev–Trinajstić information content (AvgIpc) is 2.15. The number of hydrogen-bond acceptors (Lipinski definition) is 3. The van der Waals surface area contributed by atoms with E-state index in [-0.39, 0.29) is 12.2 Å². The van der Waals surface area contributed by atoms with Crippen LogP contribution in [0, 0.1) is 11.3 Å². The van der Waals surface area contributed by atoms with Crippen molar-refractivity contribution in [2.75, 3.05) is 0 Å². The maximum atomic E-state index is 10.1. The highest BCUT2D eigenvalue weighted by Gasteiger charge is 1.97. The van der Waals surface area contributed by atoms with Crippen molar-refractivity contribution in [3.8, 4) is 6.07 Å². The lowest BCUT2D eigenvalue weighted by Gasteiger charge is -2.00. The van der Waals surface area contributed by atoms with E-state index in [1.54, 1.807) is 6.07 Å². The van der Waals surface area contributed by atoms with Crippen LogP contribution in [-0.2, 0) is 6.54 Å². The SMILES string of the molecule is N#Cc1cc(CNC(=O)O)ccn1. The Morgan fingerprint density at radius 3 is 3.15 bits per heavy atom. The zero-order chi connectivity index (χ0) is 9.68. The number of aromatic nitrogens is 1. The Kier molecular flexibility index (Phi) is 2.82. The van der Waals surface area contributed by atoms with Crippen LogP contribution in [0.25, 0.3) is 0 Å². The van der Waals surface area contributed by atoms with Crippen molar-refractivity contribution in [3.05, 3.63) is 29.6 Å². The number of nitriles is 1. The summed E-state index contributed by atoms with van der Waals surface area (Å²) < 4.78 is 0. The monoisotopic (exact) mass is 177 g/mol. The lowest BCUT2D eigenvalue weighted by molar-refractivity contribution is 0.194. The minimum atomic E-state index is -1.09. The van der Waals surface area contributed by atoms with Crippen molar-refractivity contribution in [2.24, 2.45) is 0 Å². The highest BCUT2D eigenvalue weighted by Crippen LogP contribution is 1.99. The predicted molar refractivity (Wildman–Crippen MR) is 43.8 cm³/mol. The molecule has 0 spiro atoms. The largest absolute Gasteiger partial charge is 0.465 e. The van der Waals surface area contributed by atoms with E-state index in [1.165, 1.54) is 12.3 Å². The molecule has 13 heavy (non-hydrogen) atoms. The van der Waals surface area contributed by atoms with Crippen molar-refractivity contribution in [1.29, 1.82) is 5.26 Å². The number of carbonyl (C=O) groups is 1. The lowest BCUT2D eigenvalue weighted by Crippen LogP contribution is -2.19. The summed E-state index contributed by atoms with van der Waals surface area (Å²) in [7, 11) is 0. The van der Waals surface area contributed by atoms with Gasteiger partial charge in [0.1, 0.15) is 11.8 Å². The van der Waals surface area contributed by atoms with Gasteiger partial charge in [-0.05, 0) is 17.7 Å². The molecule has 1 heterocycles. The lowest BCUT2D eigenvalue weighted by atomic mass is 10.2. The molecule has 0 fully saturated rings. The highest BCUT2D eigenvalue weighted by atomic mass is 16.4. The van der Waals surface area contributed by atoms with Crippen molar-refractivity contribution in [2.45, 2.75) is 6.54 Å². The smallest absolute Gasteiger partial charge is 0.404 e. The Balaban J connectivity index is 2.68. The summed E-state index contributed by atoms with van der Waals surface area (Å²) in [5, 5.41) is 19.0. The molecule has 1 rings (SSSR count). The van der Waals surface area contributed by atoms with Crippen LogP contribution in [0.1, 0.15) is 11.3 Å². The fourth-order valence-corrected chi connectivity index (χ4v) is 0.823. The molecule has 0 saturated heterocycles. The van der Waals surface area contributed by atoms with E-state index in [2.05, 4.69) is 10.3 Å². The second-order valence-corrected chi connectivity index (χ2v) is 2.32. The van der Waals surface area contributed by atoms with Crippen molar-refractivity contribution in [3.63, 3.8) is 0 Å². The normalized spacial score (nSPS) is 8.85. The van der Waals surface area contributed by atoms with E-state index in [4.69, 9.17) is 10.4 Å². The fourth-order valence-electron chi connectivity index (χ4n) is 0.823. The third kappa shape index (κ3) is 2.79. The Morgan fingerprint density at radius 1 is 1.77 bits per heavy atom. The predicted octanol–water partition coefficient (Wildman–Crippen LogP) is 0.721. The minimum absolute atomic E-state index is 0.187. The van der Waals surface area contributed by atoms with Gasteiger partial charge in [-0.2, -0.15) is 5.26 Å². The summed E-state index contributed by atoms with van der Waals surface area (Å²) in [6.07, 6.45) is 0.382. The molecular formula is C8H7N3O2. The van der Waals surface area contributed by atoms with Gasteiger partial charge in [-0.25, -0.2) is 9.78 Å². The first-order valence-electron chi connectivity index (χ1n) is 3.54. The molecule has 0 aromatic carbocycles. The van der Waals surface area contributed by atoms with Gasteiger partial charge in [-0.1, -0.05) is 0 Å². The van der Waals surface area contributed by atoms with E-state index >= 15 is 0 Å². The Hall–Kier alpha value is -2.09. The number of amides is 1. The first-order chi connectivity index (χ1) is 6.22. The summed E-state index contributed by atoms with van der Waals surface area (Å²) in [5.41, 5.74) is 0.999. The Morgan fingerprint density at radius 2 is 2.54 bits per heavy atom. The zero-order valence-corrected chi connectivity index (χ0v) is 6.69. The maximum absolute atomic E-state index is 10.1. The molecule has 0 radical (unpaired) electrons. The number of carboxylic acid groups (broad SMARTS) is 1. The third-order valence-corrected chi connectivity index (χ3v) is 1.38. The fraction of sp³-hybridized carbons (Fsp3) is 0.125. The highest BCUT2D eigenvalue weighted by molar-refractivity contribution is 5.64. The van der Waals surface area contributed by atoms with Gasteiger partial charge in [0.05, 0.1) is 0 Å². The van der Waals surface area contributed by atoms with Crippen LogP contribution in [-0.4, -0.2) is 16.2 Å². The molecule has 0 aliphatic carbocycles. The molecule has 0 aliphatic heterocycles. The number of nitrogens with one attached hydrogen (secondary N) is 1. The molecule has 2 N–H and O–H groups in total. The summed E-state index contributed by atoms with van der Waals surface area (Å²) in [6.45, 7) is 0.187. The molecule has 0 bridgehead atoms. The van der Waals surface area contributed by atoms with Crippen LogP contribution < -0.4 is 5.32 Å². The quantitative estimate of drug-likeness (QED) is 0.696. The summed E-state index contributed by atoms with van der Waals surface area (Å²) >= 11 is 0. The first kappa shape index (κ1) is 9.00. The van der Waals surface area contributed by atoms with Crippen molar-refractivity contribution < 1.29 is 9.90 Å². The summed E-state index contributed by atoms with van der Waals surface area (Å²) in [4.78, 5) is 13.9. The molecule has 5 heteroatoms. The van der Waals surface area contributed by atoms with Gasteiger partial charge in [-0.3, -0.25) is 0 Å². The molecule has 0 unspecified atom stereocenters. The van der Waals surface area contributed by atoms with Crippen LogP contribution in [0.5, 0.6) is 0 Å². The van der Waals surface area contributed by atoms with Crippen LogP contribution in [0.3, 0.4) is 0 Å². The van der Waals surface area contributed by atoms with E-state index < -0.39 is 6.09 Å². The van der Waals surface area contributed by atoms with Crippen molar-refractivity contribution >= 4 is 6.09 Å². The van der Waals surface area contributed by atoms with E-state index in [0.717, 1.165) is 0 Å². The van der Waals surface area contributed by atoms with Crippen molar-refractivity contribution in [1.82, 2.24) is 10.3 Å². The van der Waals surface area contributed by atoms with E-state index in [9.17, 15) is 4.79 Å². The molecule has 1 amide bonds. The molecule has 1 aromatic rings. The van der Waals surface area contributed by atoms with Gasteiger partial charge in [0.25, 0.3) is 0 Å². The number of nitrogens with zero attached hydrogens (tertiary/aromatic N) is 2. The summed E-state index contributed by atoms with van der Waals surface area (Å²) in [5.74, 6) is 0. The molecule has 5 nitrogen and oxygen atoms in total. The van der Waals surface area contributed by atoms with Gasteiger partial charge in [0.15, 0.2) is 0 Å². The van der Waals surface area contributed by atoms with Crippen LogP contribution in [0.2, 0.25) is 0 Å². The maximum Gasteiger partial charge on any atom is 0.404 e. The van der Waals surface area contributed by atoms with Crippen LogP contribution >= 0.6 is 0 Å². The molecule has 0 aliphatic rings. The molecular weight excluding hydrogens is 170 g/mol. The molecule has 66 valence electrons. The average molecular weight is 177 g/mol. The van der Waals surface area contributed by atoms with Gasteiger partial charge < -0.3 is 10.4 Å². The van der Waals surface area contributed by atoms with E-state index in [0.29, 0.717) is 5.56 Å². The Labute approximate surface area is 74.6 Å². The van der Waals surface area contributed by atoms with Gasteiger partial charge in [0.2, 0.25) is 0 Å². The van der Waals surface area contributed by atoms with E-state index in [1.807, 2.05) is 6.07 Å². The minimum Gasteiger partial charge on any atom is -0.465 e. The topological polar surface area (TPSA) is 86.0 Å². The molecule has 1 aromatic heterocycles. The number of rotatable bonds is 2. The number of hydrogen-bond donors (Lipinski definition) is 2. The summed E-state index contributed by atoms with van der Waals surface area (Å²) in [6, 6.07) is 5.06. The third-order valence-electron chi connectivity index (χ3n) is 1.38. The zero-order valence-electron chi connectivity index (χ0n) is 6.69. The van der Waals surface area contributed by atoms with Crippen LogP contribution in [0.15, 0.2) is 18.3 Å².